The summed E-state index contributed by atoms with van der Waals surface area (Å²) in [7, 11) is 0. The average Bonchev–Trinajstić information content (AvgIpc) is 2.75. The molecule has 1 aromatic carbocycles. The van der Waals surface area contributed by atoms with Crippen LogP contribution in [0.1, 0.15) is 36.0 Å². The first-order chi connectivity index (χ1) is 9.04. The first kappa shape index (κ1) is 13.6. The summed E-state index contributed by atoms with van der Waals surface area (Å²) in [6, 6.07) is 5.41. The van der Waals surface area contributed by atoms with E-state index in [2.05, 4.69) is 5.32 Å². The Kier molecular flexibility index (Phi) is 3.88. The maximum absolute atomic E-state index is 11.9. The molecule has 2 atom stereocenters. The van der Waals surface area contributed by atoms with Gasteiger partial charge in [0.2, 0.25) is 5.91 Å². The van der Waals surface area contributed by atoms with E-state index in [4.69, 9.17) is 4.74 Å². The fourth-order valence-electron chi connectivity index (χ4n) is 2.57. The molecule has 0 aromatic heterocycles. The van der Waals surface area contributed by atoms with E-state index in [9.17, 15) is 9.59 Å². The summed E-state index contributed by atoms with van der Waals surface area (Å²) in [6.45, 7) is 6.14. The normalized spacial score (nSPS) is 22.2. The second kappa shape index (κ2) is 5.43. The molecule has 0 spiro atoms. The van der Waals surface area contributed by atoms with Gasteiger partial charge in [-0.1, -0.05) is 18.2 Å². The average molecular weight is 261 g/mol. The van der Waals surface area contributed by atoms with Gasteiger partial charge < -0.3 is 10.1 Å². The van der Waals surface area contributed by atoms with Crippen molar-refractivity contribution in [3.8, 4) is 0 Å². The number of hydrogen-bond donors (Lipinski definition) is 1. The van der Waals surface area contributed by atoms with Gasteiger partial charge in [-0.05, 0) is 37.5 Å². The molecule has 1 N–H and O–H groups in total. The Morgan fingerprint density at radius 2 is 2.16 bits per heavy atom. The van der Waals surface area contributed by atoms with Gasteiger partial charge in [-0.3, -0.25) is 4.79 Å². The SMILES string of the molecule is CCOC(=O)C1NC(=O)CC1c1cccc(C)c1C. The molecule has 2 rings (SSSR count). The van der Waals surface area contributed by atoms with Crippen LogP contribution in [-0.2, 0) is 14.3 Å². The highest BCUT2D eigenvalue weighted by atomic mass is 16.5. The quantitative estimate of drug-likeness (QED) is 0.845. The van der Waals surface area contributed by atoms with E-state index in [1.54, 1.807) is 6.92 Å². The Balaban J connectivity index is 2.33. The lowest BCUT2D eigenvalue weighted by atomic mass is 9.87. The minimum atomic E-state index is -0.562. The van der Waals surface area contributed by atoms with Gasteiger partial charge >= 0.3 is 5.97 Å². The Morgan fingerprint density at radius 1 is 1.42 bits per heavy atom. The maximum Gasteiger partial charge on any atom is 0.329 e. The van der Waals surface area contributed by atoms with Crippen molar-refractivity contribution in [2.75, 3.05) is 6.61 Å². The molecule has 102 valence electrons. The van der Waals surface area contributed by atoms with Crippen molar-refractivity contribution in [3.63, 3.8) is 0 Å². The summed E-state index contributed by atoms with van der Waals surface area (Å²) >= 11 is 0. The van der Waals surface area contributed by atoms with Crippen LogP contribution in [0, 0.1) is 13.8 Å². The number of rotatable bonds is 3. The van der Waals surface area contributed by atoms with Crippen LogP contribution in [0.5, 0.6) is 0 Å². The largest absolute Gasteiger partial charge is 0.464 e. The van der Waals surface area contributed by atoms with E-state index in [1.165, 1.54) is 5.56 Å². The number of benzene rings is 1. The van der Waals surface area contributed by atoms with Crippen molar-refractivity contribution in [2.45, 2.75) is 39.2 Å². The smallest absolute Gasteiger partial charge is 0.329 e. The van der Waals surface area contributed by atoms with Crippen LogP contribution in [0.4, 0.5) is 0 Å². The van der Waals surface area contributed by atoms with Crippen molar-refractivity contribution in [1.82, 2.24) is 5.32 Å². The fraction of sp³-hybridized carbons (Fsp3) is 0.467. The Morgan fingerprint density at radius 3 is 2.84 bits per heavy atom. The van der Waals surface area contributed by atoms with E-state index in [0.717, 1.165) is 11.1 Å². The molecule has 1 fully saturated rings. The van der Waals surface area contributed by atoms with Crippen LogP contribution in [-0.4, -0.2) is 24.5 Å². The number of hydrogen-bond acceptors (Lipinski definition) is 3. The Bertz CT molecular complexity index is 510. The third-order valence-electron chi connectivity index (χ3n) is 3.71. The minimum absolute atomic E-state index is 0.0936. The van der Waals surface area contributed by atoms with Gasteiger partial charge in [0.15, 0.2) is 0 Å². The maximum atomic E-state index is 11.9. The number of amides is 1. The van der Waals surface area contributed by atoms with Crippen LogP contribution in [0.2, 0.25) is 0 Å². The highest BCUT2D eigenvalue weighted by molar-refractivity contribution is 5.90. The molecule has 1 heterocycles. The molecule has 1 amide bonds. The van der Waals surface area contributed by atoms with Gasteiger partial charge in [-0.15, -0.1) is 0 Å². The number of nitrogens with one attached hydrogen (secondary N) is 1. The first-order valence-corrected chi connectivity index (χ1v) is 6.56. The summed E-state index contributed by atoms with van der Waals surface area (Å²) in [5.41, 5.74) is 3.36. The topological polar surface area (TPSA) is 55.4 Å². The molecule has 1 aliphatic rings. The number of aryl methyl sites for hydroxylation is 1. The van der Waals surface area contributed by atoms with E-state index >= 15 is 0 Å². The number of carbonyl (C=O) groups excluding carboxylic acids is 2. The van der Waals surface area contributed by atoms with Crippen molar-refractivity contribution >= 4 is 11.9 Å². The van der Waals surface area contributed by atoms with Crippen molar-refractivity contribution in [2.24, 2.45) is 0 Å². The van der Waals surface area contributed by atoms with Gasteiger partial charge in [0.25, 0.3) is 0 Å². The highest BCUT2D eigenvalue weighted by Crippen LogP contribution is 2.32. The van der Waals surface area contributed by atoms with Crippen LogP contribution >= 0.6 is 0 Å². The van der Waals surface area contributed by atoms with E-state index in [-0.39, 0.29) is 17.8 Å². The molecule has 0 saturated carbocycles. The second-order valence-electron chi connectivity index (χ2n) is 4.90. The molecular weight excluding hydrogens is 242 g/mol. The number of carbonyl (C=O) groups is 2. The van der Waals surface area contributed by atoms with Crippen molar-refractivity contribution in [1.29, 1.82) is 0 Å². The van der Waals surface area contributed by atoms with Gasteiger partial charge in [-0.25, -0.2) is 4.79 Å². The van der Waals surface area contributed by atoms with Crippen molar-refractivity contribution in [3.05, 3.63) is 34.9 Å². The van der Waals surface area contributed by atoms with Crippen molar-refractivity contribution < 1.29 is 14.3 Å². The van der Waals surface area contributed by atoms with E-state index < -0.39 is 6.04 Å². The predicted octanol–water partition coefficient (Wildman–Crippen LogP) is 1.84. The lowest BCUT2D eigenvalue weighted by Gasteiger charge is -2.20. The van der Waals surface area contributed by atoms with Crippen LogP contribution in [0.3, 0.4) is 0 Å². The predicted molar refractivity (Wildman–Crippen MR) is 71.8 cm³/mol. The molecule has 4 nitrogen and oxygen atoms in total. The monoisotopic (exact) mass is 261 g/mol. The first-order valence-electron chi connectivity index (χ1n) is 6.56. The molecular formula is C15H19NO3. The molecule has 0 bridgehead atoms. The van der Waals surface area contributed by atoms with Gasteiger partial charge in [0, 0.05) is 12.3 Å². The standard InChI is InChI=1S/C15H19NO3/c1-4-19-15(18)14-12(8-13(17)16-14)11-7-5-6-9(2)10(11)3/h5-7,12,14H,4,8H2,1-3H3,(H,16,17). The summed E-state index contributed by atoms with van der Waals surface area (Å²) in [4.78, 5) is 23.6. The second-order valence-corrected chi connectivity index (χ2v) is 4.90. The highest BCUT2D eigenvalue weighted by Gasteiger charge is 2.39. The zero-order chi connectivity index (χ0) is 14.0. The fourth-order valence-corrected chi connectivity index (χ4v) is 2.57. The van der Waals surface area contributed by atoms with E-state index in [1.807, 2.05) is 32.0 Å². The van der Waals surface area contributed by atoms with Crippen LogP contribution < -0.4 is 5.32 Å². The molecule has 2 unspecified atom stereocenters. The molecule has 1 aromatic rings. The number of esters is 1. The Hall–Kier alpha value is -1.84. The minimum Gasteiger partial charge on any atom is -0.464 e. The molecule has 19 heavy (non-hydrogen) atoms. The molecule has 0 radical (unpaired) electrons. The van der Waals surface area contributed by atoms with Crippen LogP contribution in [0.15, 0.2) is 18.2 Å². The molecule has 4 heteroatoms. The third kappa shape index (κ3) is 2.62. The van der Waals surface area contributed by atoms with Gasteiger partial charge in [-0.2, -0.15) is 0 Å². The summed E-state index contributed by atoms with van der Waals surface area (Å²) in [6.07, 6.45) is 0.341. The lowest BCUT2D eigenvalue weighted by Crippen LogP contribution is -2.37. The van der Waals surface area contributed by atoms with Gasteiger partial charge in [0.1, 0.15) is 6.04 Å². The van der Waals surface area contributed by atoms with E-state index in [0.29, 0.717) is 13.0 Å². The summed E-state index contributed by atoms with van der Waals surface area (Å²) in [5.74, 6) is -0.574. The zero-order valence-corrected chi connectivity index (χ0v) is 11.5. The molecule has 0 aliphatic carbocycles. The molecule has 1 aliphatic heterocycles. The van der Waals surface area contributed by atoms with Gasteiger partial charge in [0.05, 0.1) is 6.61 Å². The lowest BCUT2D eigenvalue weighted by molar-refractivity contribution is -0.146. The van der Waals surface area contributed by atoms with Crippen LogP contribution in [0.25, 0.3) is 0 Å². The Labute approximate surface area is 113 Å². The zero-order valence-electron chi connectivity index (χ0n) is 11.5. The summed E-state index contributed by atoms with van der Waals surface area (Å²) < 4.78 is 5.04. The molecule has 1 saturated heterocycles. The number of ether oxygens (including phenoxy) is 1. The third-order valence-corrected chi connectivity index (χ3v) is 3.71. The summed E-state index contributed by atoms with van der Waals surface area (Å²) in [5, 5.41) is 2.72.